The Bertz CT molecular complexity index is 468. The van der Waals surface area contributed by atoms with Gasteiger partial charge in [-0.05, 0) is 12.1 Å². The third-order valence-corrected chi connectivity index (χ3v) is 3.38. The molecule has 0 radical (unpaired) electrons. The fourth-order valence-electron chi connectivity index (χ4n) is 2.21. The summed E-state index contributed by atoms with van der Waals surface area (Å²) in [5, 5.41) is 3.21. The van der Waals surface area contributed by atoms with E-state index in [1.165, 1.54) is 12.1 Å². The highest BCUT2D eigenvalue weighted by Crippen LogP contribution is 2.29. The fourth-order valence-corrected chi connectivity index (χ4v) is 2.21. The average Bonchev–Trinajstić information content (AvgIpc) is 2.45. The van der Waals surface area contributed by atoms with Crippen LogP contribution in [-0.4, -0.2) is 43.4 Å². The summed E-state index contributed by atoms with van der Waals surface area (Å²) in [5.41, 5.74) is -0.638. The van der Waals surface area contributed by atoms with Crippen LogP contribution >= 0.6 is 0 Å². The molecule has 110 valence electrons. The Morgan fingerprint density at radius 1 is 1.25 bits per heavy atom. The maximum atomic E-state index is 12.6. The second-order valence-corrected chi connectivity index (χ2v) is 4.84. The molecule has 0 atom stereocenters. The molecule has 1 aromatic rings. The maximum Gasteiger partial charge on any atom is 0.416 e. The number of ketones is 1. The minimum absolute atomic E-state index is 0.134. The lowest BCUT2D eigenvalue weighted by Gasteiger charge is -2.26. The van der Waals surface area contributed by atoms with Gasteiger partial charge in [-0.2, -0.15) is 13.2 Å². The number of hydrogen-bond donors (Lipinski definition) is 1. The summed E-state index contributed by atoms with van der Waals surface area (Å²) < 4.78 is 37.7. The molecule has 6 heteroatoms. The number of alkyl halides is 3. The van der Waals surface area contributed by atoms with Crippen molar-refractivity contribution in [3.05, 3.63) is 35.4 Å². The molecule has 1 saturated heterocycles. The van der Waals surface area contributed by atoms with Gasteiger partial charge in [-0.25, -0.2) is 0 Å². The highest BCUT2D eigenvalue weighted by Gasteiger charge is 2.30. The number of halogens is 3. The van der Waals surface area contributed by atoms with Crippen molar-refractivity contribution in [1.29, 1.82) is 0 Å². The van der Waals surface area contributed by atoms with Crippen LogP contribution < -0.4 is 5.32 Å². The molecule has 1 heterocycles. The first-order valence-corrected chi connectivity index (χ1v) is 6.60. The van der Waals surface area contributed by atoms with Crippen molar-refractivity contribution in [2.75, 3.05) is 32.7 Å². The molecule has 3 nitrogen and oxygen atoms in total. The molecule has 20 heavy (non-hydrogen) atoms. The summed E-state index contributed by atoms with van der Waals surface area (Å²) in [7, 11) is 0. The third kappa shape index (κ3) is 4.05. The predicted octanol–water partition coefficient (Wildman–Crippen LogP) is 2.18. The van der Waals surface area contributed by atoms with Gasteiger partial charge in [0.1, 0.15) is 0 Å². The van der Waals surface area contributed by atoms with E-state index in [0.29, 0.717) is 6.54 Å². The molecular weight excluding hydrogens is 269 g/mol. The molecule has 1 fully saturated rings. The number of benzene rings is 1. The van der Waals surface area contributed by atoms with Crippen molar-refractivity contribution in [1.82, 2.24) is 10.2 Å². The number of Topliss-reactive ketones (excluding diaryl/α,β-unsaturated/α-hetero) is 1. The van der Waals surface area contributed by atoms with Crippen molar-refractivity contribution in [2.45, 2.75) is 12.6 Å². The second-order valence-electron chi connectivity index (χ2n) is 4.84. The molecule has 0 aromatic heterocycles. The number of rotatable bonds is 4. The molecule has 2 rings (SSSR count). The summed E-state index contributed by atoms with van der Waals surface area (Å²) >= 11 is 0. The SMILES string of the molecule is O=C(CCN1CCNCC1)c1cccc(C(F)(F)F)c1. The van der Waals surface area contributed by atoms with Crippen molar-refractivity contribution >= 4 is 5.78 Å². The Hall–Kier alpha value is -1.40. The van der Waals surface area contributed by atoms with Gasteiger partial charge in [-0.1, -0.05) is 12.1 Å². The van der Waals surface area contributed by atoms with E-state index in [2.05, 4.69) is 10.2 Å². The quantitative estimate of drug-likeness (QED) is 0.861. The lowest BCUT2D eigenvalue weighted by atomic mass is 10.0. The van der Waals surface area contributed by atoms with E-state index >= 15 is 0 Å². The van der Waals surface area contributed by atoms with E-state index in [4.69, 9.17) is 0 Å². The number of hydrogen-bond acceptors (Lipinski definition) is 3. The van der Waals surface area contributed by atoms with Crippen LogP contribution in [0.5, 0.6) is 0 Å². The Kier molecular flexibility index (Phi) is 4.77. The van der Waals surface area contributed by atoms with Gasteiger partial charge < -0.3 is 10.2 Å². The van der Waals surface area contributed by atoms with Crippen LogP contribution in [0.3, 0.4) is 0 Å². The van der Waals surface area contributed by atoms with Gasteiger partial charge >= 0.3 is 6.18 Å². The number of carbonyl (C=O) groups is 1. The zero-order chi connectivity index (χ0) is 14.6. The first-order valence-electron chi connectivity index (χ1n) is 6.60. The molecule has 0 bridgehead atoms. The molecule has 1 aliphatic rings. The topological polar surface area (TPSA) is 32.3 Å². The third-order valence-electron chi connectivity index (χ3n) is 3.38. The van der Waals surface area contributed by atoms with E-state index in [0.717, 1.165) is 38.3 Å². The van der Waals surface area contributed by atoms with Crippen LogP contribution in [0.1, 0.15) is 22.3 Å². The Balaban J connectivity index is 1.95. The van der Waals surface area contributed by atoms with Crippen LogP contribution in [0.2, 0.25) is 0 Å². The average molecular weight is 286 g/mol. The van der Waals surface area contributed by atoms with Gasteiger partial charge in [0.2, 0.25) is 0 Å². The normalized spacial score (nSPS) is 17.1. The Morgan fingerprint density at radius 3 is 2.60 bits per heavy atom. The molecule has 0 spiro atoms. The Labute approximate surface area is 115 Å². The minimum Gasteiger partial charge on any atom is -0.314 e. The van der Waals surface area contributed by atoms with E-state index < -0.39 is 11.7 Å². The monoisotopic (exact) mass is 286 g/mol. The van der Waals surface area contributed by atoms with Crippen LogP contribution in [0.4, 0.5) is 13.2 Å². The lowest BCUT2D eigenvalue weighted by molar-refractivity contribution is -0.137. The smallest absolute Gasteiger partial charge is 0.314 e. The summed E-state index contributed by atoms with van der Waals surface area (Å²) in [6.07, 6.45) is -4.16. The number of piperazine rings is 1. The van der Waals surface area contributed by atoms with E-state index in [-0.39, 0.29) is 17.8 Å². The van der Waals surface area contributed by atoms with Gasteiger partial charge in [0.15, 0.2) is 5.78 Å². The zero-order valence-electron chi connectivity index (χ0n) is 11.0. The van der Waals surface area contributed by atoms with Gasteiger partial charge in [0, 0.05) is 44.7 Å². The summed E-state index contributed by atoms with van der Waals surface area (Å²) in [5.74, 6) is -0.241. The second kappa shape index (κ2) is 6.37. The summed E-state index contributed by atoms with van der Waals surface area (Å²) in [4.78, 5) is 14.1. The van der Waals surface area contributed by atoms with Crippen LogP contribution in [0.15, 0.2) is 24.3 Å². The molecule has 1 aromatic carbocycles. The van der Waals surface area contributed by atoms with Gasteiger partial charge in [-0.3, -0.25) is 4.79 Å². The molecule has 0 aliphatic carbocycles. The highest BCUT2D eigenvalue weighted by atomic mass is 19.4. The number of carbonyl (C=O) groups excluding carboxylic acids is 1. The molecule has 0 saturated carbocycles. The standard InChI is InChI=1S/C14H17F3N2O/c15-14(16,17)12-3-1-2-11(10-12)13(20)4-7-19-8-5-18-6-9-19/h1-3,10,18H,4-9H2. The van der Waals surface area contributed by atoms with Gasteiger partial charge in [-0.15, -0.1) is 0 Å². The van der Waals surface area contributed by atoms with Crippen LogP contribution in [0.25, 0.3) is 0 Å². The zero-order valence-corrected chi connectivity index (χ0v) is 11.0. The van der Waals surface area contributed by atoms with E-state index in [1.807, 2.05) is 0 Å². The maximum absolute atomic E-state index is 12.6. The van der Waals surface area contributed by atoms with Crippen molar-refractivity contribution < 1.29 is 18.0 Å². The van der Waals surface area contributed by atoms with E-state index in [1.54, 1.807) is 0 Å². The van der Waals surface area contributed by atoms with Gasteiger partial charge in [0.25, 0.3) is 0 Å². The largest absolute Gasteiger partial charge is 0.416 e. The minimum atomic E-state index is -4.41. The molecule has 0 amide bonds. The molecule has 1 N–H and O–H groups in total. The number of nitrogens with one attached hydrogen (secondary N) is 1. The van der Waals surface area contributed by atoms with Gasteiger partial charge in [0.05, 0.1) is 5.56 Å². The van der Waals surface area contributed by atoms with Crippen LogP contribution in [0, 0.1) is 0 Å². The lowest BCUT2D eigenvalue weighted by Crippen LogP contribution is -2.44. The summed E-state index contributed by atoms with van der Waals surface area (Å²) in [6, 6.07) is 4.63. The van der Waals surface area contributed by atoms with Crippen molar-refractivity contribution in [2.24, 2.45) is 0 Å². The van der Waals surface area contributed by atoms with E-state index in [9.17, 15) is 18.0 Å². The van der Waals surface area contributed by atoms with Crippen molar-refractivity contribution in [3.63, 3.8) is 0 Å². The predicted molar refractivity (Wildman–Crippen MR) is 69.7 cm³/mol. The van der Waals surface area contributed by atoms with Crippen molar-refractivity contribution in [3.8, 4) is 0 Å². The molecule has 0 unspecified atom stereocenters. The van der Waals surface area contributed by atoms with Crippen LogP contribution in [-0.2, 0) is 6.18 Å². The highest BCUT2D eigenvalue weighted by molar-refractivity contribution is 5.96. The number of nitrogens with zero attached hydrogens (tertiary/aromatic N) is 1. The first-order chi connectivity index (χ1) is 9.47. The Morgan fingerprint density at radius 2 is 1.95 bits per heavy atom. The first kappa shape index (κ1) is 15.0. The summed E-state index contributed by atoms with van der Waals surface area (Å²) in [6.45, 7) is 4.11. The molecular formula is C14H17F3N2O. The fraction of sp³-hybridized carbons (Fsp3) is 0.500. The molecule has 1 aliphatic heterocycles.